The van der Waals surface area contributed by atoms with Gasteiger partial charge in [0.1, 0.15) is 11.6 Å². The van der Waals surface area contributed by atoms with E-state index in [2.05, 4.69) is 30.3 Å². The average molecular weight is 445 g/mol. The zero-order valence-electron chi connectivity index (χ0n) is 19.1. The standard InChI is InChI=1S/C30H30F2O/c1-33-20-2-3-22-4-6-23(7-5-22)8-9-25-13-19-29-27(21-25)16-15-26(30(29)32)14-10-24-11-17-28(31)18-12-24/h4-7,11-13,15-19,21H,2-3,8-10,14,20H2,1H3. The molecule has 0 aliphatic rings. The fourth-order valence-electron chi connectivity index (χ4n) is 4.25. The summed E-state index contributed by atoms with van der Waals surface area (Å²) in [4.78, 5) is 0. The highest BCUT2D eigenvalue weighted by Crippen LogP contribution is 2.24. The van der Waals surface area contributed by atoms with E-state index >= 15 is 4.39 Å². The van der Waals surface area contributed by atoms with Gasteiger partial charge in [-0.2, -0.15) is 0 Å². The summed E-state index contributed by atoms with van der Waals surface area (Å²) in [6.45, 7) is 0.792. The molecule has 0 bridgehead atoms. The first kappa shape index (κ1) is 23.1. The van der Waals surface area contributed by atoms with Crippen molar-refractivity contribution < 1.29 is 13.5 Å². The number of halogens is 2. The highest BCUT2D eigenvalue weighted by atomic mass is 19.1. The third-order valence-corrected chi connectivity index (χ3v) is 6.23. The lowest BCUT2D eigenvalue weighted by Gasteiger charge is -2.09. The molecular weight excluding hydrogens is 414 g/mol. The first-order valence-corrected chi connectivity index (χ1v) is 11.6. The Labute approximate surface area is 195 Å². The highest BCUT2D eigenvalue weighted by Gasteiger charge is 2.09. The first-order valence-electron chi connectivity index (χ1n) is 11.6. The molecular formula is C30H30F2O. The summed E-state index contributed by atoms with van der Waals surface area (Å²) < 4.78 is 33.3. The molecule has 0 atom stereocenters. The van der Waals surface area contributed by atoms with Crippen molar-refractivity contribution in [2.24, 2.45) is 0 Å². The summed E-state index contributed by atoms with van der Waals surface area (Å²) in [5.41, 5.74) is 5.57. The molecule has 0 aromatic heterocycles. The molecule has 4 aromatic carbocycles. The number of rotatable bonds is 10. The highest BCUT2D eigenvalue weighted by molar-refractivity contribution is 5.84. The summed E-state index contributed by atoms with van der Waals surface area (Å²) in [5.74, 6) is -0.397. The van der Waals surface area contributed by atoms with E-state index in [1.807, 2.05) is 24.3 Å². The van der Waals surface area contributed by atoms with Gasteiger partial charge in [0.25, 0.3) is 0 Å². The van der Waals surface area contributed by atoms with E-state index < -0.39 is 0 Å². The van der Waals surface area contributed by atoms with Crippen LogP contribution in [0.15, 0.2) is 78.9 Å². The number of ether oxygens (including phenoxy) is 1. The Morgan fingerprint density at radius 3 is 1.88 bits per heavy atom. The van der Waals surface area contributed by atoms with Gasteiger partial charge in [0.2, 0.25) is 0 Å². The maximum atomic E-state index is 15.1. The van der Waals surface area contributed by atoms with Gasteiger partial charge in [-0.25, -0.2) is 8.78 Å². The molecule has 0 unspecified atom stereocenters. The van der Waals surface area contributed by atoms with Gasteiger partial charge < -0.3 is 4.74 Å². The Balaban J connectivity index is 1.37. The fourth-order valence-corrected chi connectivity index (χ4v) is 4.25. The summed E-state index contributed by atoms with van der Waals surface area (Å²) >= 11 is 0. The Kier molecular flexibility index (Phi) is 7.85. The van der Waals surface area contributed by atoms with Gasteiger partial charge in [0.05, 0.1) is 0 Å². The third kappa shape index (κ3) is 6.27. The monoisotopic (exact) mass is 444 g/mol. The number of fused-ring (bicyclic) bond motifs is 1. The molecule has 1 nitrogen and oxygen atoms in total. The first-order chi connectivity index (χ1) is 16.1. The van der Waals surface area contributed by atoms with Crippen molar-refractivity contribution in [1.29, 1.82) is 0 Å². The van der Waals surface area contributed by atoms with E-state index in [0.29, 0.717) is 23.8 Å². The van der Waals surface area contributed by atoms with Crippen LogP contribution in [0.2, 0.25) is 0 Å². The molecule has 33 heavy (non-hydrogen) atoms. The zero-order valence-corrected chi connectivity index (χ0v) is 19.1. The second-order valence-electron chi connectivity index (χ2n) is 8.63. The molecule has 4 rings (SSSR count). The number of methoxy groups -OCH3 is 1. The summed E-state index contributed by atoms with van der Waals surface area (Å²) in [7, 11) is 1.74. The molecule has 0 saturated heterocycles. The van der Waals surface area contributed by atoms with Crippen molar-refractivity contribution >= 4 is 10.8 Å². The molecule has 0 aliphatic carbocycles. The molecule has 0 heterocycles. The van der Waals surface area contributed by atoms with Crippen molar-refractivity contribution in [1.82, 2.24) is 0 Å². The normalized spacial score (nSPS) is 11.2. The minimum absolute atomic E-state index is 0.148. The predicted molar refractivity (Wildman–Crippen MR) is 132 cm³/mol. The van der Waals surface area contributed by atoms with Gasteiger partial charge in [-0.15, -0.1) is 0 Å². The fraction of sp³-hybridized carbons (Fsp3) is 0.267. The van der Waals surface area contributed by atoms with Crippen LogP contribution in [0.1, 0.15) is 34.2 Å². The van der Waals surface area contributed by atoms with Crippen molar-refractivity contribution in [2.45, 2.75) is 38.5 Å². The van der Waals surface area contributed by atoms with Crippen molar-refractivity contribution in [3.63, 3.8) is 0 Å². The van der Waals surface area contributed by atoms with Crippen molar-refractivity contribution in [3.8, 4) is 0 Å². The summed E-state index contributed by atoms with van der Waals surface area (Å²) in [6, 6.07) is 25.2. The molecule has 0 radical (unpaired) electrons. The number of benzene rings is 4. The van der Waals surface area contributed by atoms with Crippen LogP contribution in [-0.4, -0.2) is 13.7 Å². The predicted octanol–water partition coefficient (Wildman–Crippen LogP) is 7.27. The van der Waals surface area contributed by atoms with Crippen LogP contribution < -0.4 is 0 Å². The lowest BCUT2D eigenvalue weighted by Crippen LogP contribution is -1.97. The topological polar surface area (TPSA) is 9.23 Å². The Morgan fingerprint density at radius 1 is 0.606 bits per heavy atom. The second kappa shape index (κ2) is 11.2. The summed E-state index contributed by atoms with van der Waals surface area (Å²) in [6.07, 6.45) is 5.24. The lowest BCUT2D eigenvalue weighted by atomic mass is 9.97. The van der Waals surface area contributed by atoms with Gasteiger partial charge >= 0.3 is 0 Å². The number of hydrogen-bond acceptors (Lipinski definition) is 1. The smallest absolute Gasteiger partial charge is 0.134 e. The Bertz CT molecular complexity index is 1180. The molecule has 0 aliphatic heterocycles. The molecule has 4 aromatic rings. The maximum absolute atomic E-state index is 15.1. The van der Waals surface area contributed by atoms with E-state index in [1.165, 1.54) is 28.8 Å². The van der Waals surface area contributed by atoms with Gasteiger partial charge in [-0.3, -0.25) is 0 Å². The van der Waals surface area contributed by atoms with E-state index in [4.69, 9.17) is 4.74 Å². The summed E-state index contributed by atoms with van der Waals surface area (Å²) in [5, 5.41) is 1.60. The molecule has 170 valence electrons. The number of hydrogen-bond donors (Lipinski definition) is 0. The molecule has 0 spiro atoms. The van der Waals surface area contributed by atoms with Crippen molar-refractivity contribution in [2.75, 3.05) is 13.7 Å². The van der Waals surface area contributed by atoms with Gasteiger partial charge in [0.15, 0.2) is 0 Å². The maximum Gasteiger partial charge on any atom is 0.134 e. The third-order valence-electron chi connectivity index (χ3n) is 6.23. The molecule has 0 N–H and O–H groups in total. The molecule has 3 heteroatoms. The quantitative estimate of drug-likeness (QED) is 0.234. The number of aryl methyl sites for hydroxylation is 5. The minimum atomic E-state index is -0.249. The molecule has 0 fully saturated rings. The Morgan fingerprint density at radius 2 is 1.18 bits per heavy atom. The Hall–Kier alpha value is -3.04. The minimum Gasteiger partial charge on any atom is -0.385 e. The van der Waals surface area contributed by atoms with Gasteiger partial charge in [0, 0.05) is 19.1 Å². The van der Waals surface area contributed by atoms with Gasteiger partial charge in [-0.05, 0) is 83.9 Å². The van der Waals surface area contributed by atoms with Crippen LogP contribution in [0.5, 0.6) is 0 Å². The van der Waals surface area contributed by atoms with E-state index in [0.717, 1.165) is 43.2 Å². The van der Waals surface area contributed by atoms with Crippen LogP contribution in [-0.2, 0) is 36.8 Å². The molecule has 0 saturated carbocycles. The lowest BCUT2D eigenvalue weighted by molar-refractivity contribution is 0.195. The van der Waals surface area contributed by atoms with Crippen LogP contribution in [0.4, 0.5) is 8.78 Å². The van der Waals surface area contributed by atoms with Crippen LogP contribution in [0, 0.1) is 11.6 Å². The van der Waals surface area contributed by atoms with Crippen LogP contribution in [0.3, 0.4) is 0 Å². The largest absolute Gasteiger partial charge is 0.385 e. The van der Waals surface area contributed by atoms with Crippen LogP contribution >= 0.6 is 0 Å². The van der Waals surface area contributed by atoms with Gasteiger partial charge in [-0.1, -0.05) is 66.7 Å². The van der Waals surface area contributed by atoms with Crippen LogP contribution in [0.25, 0.3) is 10.8 Å². The average Bonchev–Trinajstić information content (AvgIpc) is 2.84. The van der Waals surface area contributed by atoms with E-state index in [9.17, 15) is 4.39 Å². The SMILES string of the molecule is COCCCc1ccc(CCc2ccc3c(F)c(CCc4ccc(F)cc4)ccc3c2)cc1. The van der Waals surface area contributed by atoms with E-state index in [1.54, 1.807) is 19.2 Å². The van der Waals surface area contributed by atoms with E-state index in [-0.39, 0.29) is 11.6 Å². The molecule has 0 amide bonds. The zero-order chi connectivity index (χ0) is 23.0. The second-order valence-corrected chi connectivity index (χ2v) is 8.63. The van der Waals surface area contributed by atoms with Crippen molar-refractivity contribution in [3.05, 3.63) is 118 Å².